The van der Waals surface area contributed by atoms with E-state index in [1.54, 1.807) is 36.4 Å². The van der Waals surface area contributed by atoms with Crippen LogP contribution < -0.4 is 19.5 Å². The van der Waals surface area contributed by atoms with E-state index in [1.165, 1.54) is 6.08 Å². The summed E-state index contributed by atoms with van der Waals surface area (Å²) in [6, 6.07) is 28.1. The number of aryl methyl sites for hydroxylation is 1. The van der Waals surface area contributed by atoms with Crippen molar-refractivity contribution in [2.24, 2.45) is 0 Å². The van der Waals surface area contributed by atoms with Crippen LogP contribution in [0.4, 0.5) is 5.69 Å². The zero-order valence-electron chi connectivity index (χ0n) is 22.6. The summed E-state index contributed by atoms with van der Waals surface area (Å²) in [4.78, 5) is 12.9. The Bertz CT molecular complexity index is 1580. The summed E-state index contributed by atoms with van der Waals surface area (Å²) in [5.41, 5.74) is 4.14. The first kappa shape index (κ1) is 29.7. The number of hydrogen-bond donors (Lipinski definition) is 1. The summed E-state index contributed by atoms with van der Waals surface area (Å²) in [5.74, 6) is 0.933. The Hall–Kier alpha value is -4.25. The normalized spacial score (nSPS) is 11.0. The Morgan fingerprint density at radius 2 is 1.68 bits per heavy atom. The van der Waals surface area contributed by atoms with Gasteiger partial charge in [-0.1, -0.05) is 69.5 Å². The molecule has 1 amide bonds. The minimum Gasteiger partial charge on any atom is -0.490 e. The largest absolute Gasteiger partial charge is 0.490 e. The zero-order chi connectivity index (χ0) is 29.2. The number of carbonyl (C=O) groups is 1. The molecule has 0 heterocycles. The van der Waals surface area contributed by atoms with Gasteiger partial charge in [-0.2, -0.15) is 5.26 Å². The molecule has 0 saturated carbocycles. The monoisotopic (exact) mass is 630 g/mol. The molecular weight excluding hydrogens is 604 g/mol. The first-order valence-corrected chi connectivity index (χ1v) is 14.1. The Balaban J connectivity index is 1.43. The van der Waals surface area contributed by atoms with E-state index in [4.69, 9.17) is 25.8 Å². The van der Waals surface area contributed by atoms with E-state index in [0.717, 1.165) is 21.2 Å². The highest BCUT2D eigenvalue weighted by atomic mass is 79.9. The maximum Gasteiger partial charge on any atom is 0.266 e. The van der Waals surface area contributed by atoms with Crippen molar-refractivity contribution in [3.8, 4) is 23.3 Å². The van der Waals surface area contributed by atoms with Gasteiger partial charge in [0, 0.05) is 10.2 Å². The van der Waals surface area contributed by atoms with Crippen molar-refractivity contribution in [1.29, 1.82) is 5.26 Å². The minimum atomic E-state index is -0.551. The van der Waals surface area contributed by atoms with Crippen LogP contribution in [-0.2, 0) is 18.0 Å². The summed E-state index contributed by atoms with van der Waals surface area (Å²) >= 11 is 9.98. The molecule has 1 N–H and O–H groups in total. The lowest BCUT2D eigenvalue weighted by molar-refractivity contribution is -0.112. The van der Waals surface area contributed by atoms with Gasteiger partial charge in [0.2, 0.25) is 0 Å². The van der Waals surface area contributed by atoms with E-state index in [2.05, 4.69) is 21.2 Å². The smallest absolute Gasteiger partial charge is 0.266 e. The summed E-state index contributed by atoms with van der Waals surface area (Å²) in [6.07, 6.45) is 1.46. The molecule has 208 valence electrons. The number of ether oxygens (including phenoxy) is 3. The van der Waals surface area contributed by atoms with Crippen molar-refractivity contribution in [2.45, 2.75) is 27.1 Å². The molecule has 0 aliphatic rings. The minimum absolute atomic E-state index is 0.0903. The molecule has 0 spiro atoms. The fourth-order valence-corrected chi connectivity index (χ4v) is 4.47. The molecule has 4 aromatic carbocycles. The number of amides is 1. The molecule has 0 bridgehead atoms. The molecule has 0 aliphatic carbocycles. The summed E-state index contributed by atoms with van der Waals surface area (Å²) in [7, 11) is 0. The molecule has 6 nitrogen and oxygen atoms in total. The van der Waals surface area contributed by atoms with Crippen LogP contribution in [0.15, 0.2) is 95.0 Å². The molecule has 8 heteroatoms. The lowest BCUT2D eigenvalue weighted by Crippen LogP contribution is -2.13. The van der Waals surface area contributed by atoms with Crippen LogP contribution in [0.25, 0.3) is 6.08 Å². The fraction of sp³-hybridized carbons (Fsp3) is 0.152. The van der Waals surface area contributed by atoms with Crippen LogP contribution in [0.5, 0.6) is 17.2 Å². The number of anilines is 1. The number of carbonyl (C=O) groups excluding carboxylic acids is 1. The Morgan fingerprint density at radius 3 is 2.37 bits per heavy atom. The van der Waals surface area contributed by atoms with Crippen LogP contribution in [-0.4, -0.2) is 12.5 Å². The third kappa shape index (κ3) is 8.62. The van der Waals surface area contributed by atoms with Gasteiger partial charge in [0.15, 0.2) is 11.5 Å². The molecule has 0 atom stereocenters. The quantitative estimate of drug-likeness (QED) is 0.133. The van der Waals surface area contributed by atoms with Gasteiger partial charge in [0.1, 0.15) is 30.6 Å². The Morgan fingerprint density at radius 1 is 0.951 bits per heavy atom. The highest BCUT2D eigenvalue weighted by Crippen LogP contribution is 2.38. The van der Waals surface area contributed by atoms with Crippen LogP contribution in [0.2, 0.25) is 5.02 Å². The summed E-state index contributed by atoms with van der Waals surface area (Å²) < 4.78 is 18.6. The van der Waals surface area contributed by atoms with Crippen LogP contribution in [0.1, 0.15) is 29.2 Å². The fourth-order valence-electron chi connectivity index (χ4n) is 3.93. The summed E-state index contributed by atoms with van der Waals surface area (Å²) in [5, 5.41) is 12.8. The summed E-state index contributed by atoms with van der Waals surface area (Å²) in [6.45, 7) is 4.99. The molecule has 0 fully saturated rings. The highest BCUT2D eigenvalue weighted by molar-refractivity contribution is 9.10. The third-order valence-corrected chi connectivity index (χ3v) is 6.71. The van der Waals surface area contributed by atoms with Gasteiger partial charge in [-0.15, -0.1) is 0 Å². The number of rotatable bonds is 11. The lowest BCUT2D eigenvalue weighted by Gasteiger charge is -2.15. The molecule has 41 heavy (non-hydrogen) atoms. The van der Waals surface area contributed by atoms with Crippen molar-refractivity contribution < 1.29 is 19.0 Å². The second-order valence-electron chi connectivity index (χ2n) is 9.10. The highest BCUT2D eigenvalue weighted by Gasteiger charge is 2.15. The first-order chi connectivity index (χ1) is 19.8. The number of nitrogens with one attached hydrogen (secondary N) is 1. The van der Waals surface area contributed by atoms with Crippen LogP contribution >= 0.6 is 27.5 Å². The van der Waals surface area contributed by atoms with E-state index in [-0.39, 0.29) is 5.57 Å². The first-order valence-electron chi connectivity index (χ1n) is 12.9. The maximum atomic E-state index is 12.9. The van der Waals surface area contributed by atoms with E-state index in [9.17, 15) is 10.1 Å². The van der Waals surface area contributed by atoms with Crippen molar-refractivity contribution in [3.63, 3.8) is 0 Å². The number of nitrogens with zero attached hydrogens (tertiary/aromatic N) is 1. The van der Waals surface area contributed by atoms with Crippen LogP contribution in [0, 0.1) is 18.3 Å². The molecular formula is C33H28BrClN2O4. The van der Waals surface area contributed by atoms with Crippen molar-refractivity contribution in [3.05, 3.63) is 122 Å². The van der Waals surface area contributed by atoms with E-state index in [1.807, 2.05) is 68.4 Å². The van der Waals surface area contributed by atoms with E-state index >= 15 is 0 Å². The van der Waals surface area contributed by atoms with Crippen molar-refractivity contribution >= 4 is 45.2 Å². The van der Waals surface area contributed by atoms with Crippen molar-refractivity contribution in [2.75, 3.05) is 11.9 Å². The predicted octanol–water partition coefficient (Wildman–Crippen LogP) is 8.51. The number of nitriles is 1. The van der Waals surface area contributed by atoms with Gasteiger partial charge < -0.3 is 19.5 Å². The van der Waals surface area contributed by atoms with Crippen molar-refractivity contribution in [1.82, 2.24) is 0 Å². The number of benzene rings is 4. The van der Waals surface area contributed by atoms with Gasteiger partial charge in [0.05, 0.1) is 11.6 Å². The molecule has 4 aromatic rings. The van der Waals surface area contributed by atoms with Gasteiger partial charge in [0.25, 0.3) is 5.91 Å². The number of halogens is 2. The maximum absolute atomic E-state index is 12.9. The second kappa shape index (κ2) is 14.4. The van der Waals surface area contributed by atoms with Gasteiger partial charge in [-0.3, -0.25) is 4.79 Å². The predicted molar refractivity (Wildman–Crippen MR) is 165 cm³/mol. The standard InChI is InChI=1S/C33H28BrClN2O4/c1-3-39-31-18-25(17-30(35)32(31)41-21-24-6-4-5-22(2)15-24)16-26(19-36)33(38)37-28-11-13-29(14-12-28)40-20-23-7-9-27(34)10-8-23/h4-18H,3,20-21H2,1-2H3,(H,37,38)/b26-16+. The van der Waals surface area contributed by atoms with E-state index < -0.39 is 5.91 Å². The Labute approximate surface area is 253 Å². The zero-order valence-corrected chi connectivity index (χ0v) is 25.0. The average molecular weight is 632 g/mol. The molecule has 4 rings (SSSR count). The van der Waals surface area contributed by atoms with Crippen LogP contribution in [0.3, 0.4) is 0 Å². The lowest BCUT2D eigenvalue weighted by atomic mass is 10.1. The van der Waals surface area contributed by atoms with Gasteiger partial charge in [-0.25, -0.2) is 0 Å². The van der Waals surface area contributed by atoms with E-state index in [0.29, 0.717) is 53.3 Å². The number of hydrogen-bond acceptors (Lipinski definition) is 5. The molecule has 0 aromatic heterocycles. The SMILES string of the molecule is CCOc1cc(/C=C(\C#N)C(=O)Nc2ccc(OCc3ccc(Br)cc3)cc2)cc(Cl)c1OCc1cccc(C)c1. The molecule has 0 aliphatic heterocycles. The average Bonchev–Trinajstić information content (AvgIpc) is 2.96. The topological polar surface area (TPSA) is 80.6 Å². The van der Waals surface area contributed by atoms with Gasteiger partial charge in [-0.05, 0) is 85.1 Å². The Kier molecular flexibility index (Phi) is 10.4. The molecule has 0 unspecified atom stereocenters. The molecule has 0 saturated heterocycles. The van der Waals surface area contributed by atoms with Gasteiger partial charge >= 0.3 is 0 Å². The third-order valence-electron chi connectivity index (χ3n) is 5.90. The molecule has 0 radical (unpaired) electrons. The second-order valence-corrected chi connectivity index (χ2v) is 10.4.